The van der Waals surface area contributed by atoms with Crippen LogP contribution in [0.5, 0.6) is 0 Å². The lowest BCUT2D eigenvalue weighted by Gasteiger charge is -2.24. The van der Waals surface area contributed by atoms with Crippen molar-refractivity contribution in [2.24, 2.45) is 11.8 Å². The Kier molecular flexibility index (Phi) is 6.70. The summed E-state index contributed by atoms with van der Waals surface area (Å²) in [6.07, 6.45) is 2.61. The second-order valence-electron chi connectivity index (χ2n) is 3.95. The zero-order valence-corrected chi connectivity index (χ0v) is 10.9. The highest BCUT2D eigenvalue weighted by Gasteiger charge is 2.18. The lowest BCUT2D eigenvalue weighted by Crippen LogP contribution is -2.25. The Morgan fingerprint density at radius 2 is 1.92 bits per heavy atom. The highest BCUT2D eigenvalue weighted by Crippen LogP contribution is 2.18. The molecule has 0 aromatic heterocycles. The summed E-state index contributed by atoms with van der Waals surface area (Å²) in [7, 11) is 1.79. The van der Waals surface area contributed by atoms with Crippen molar-refractivity contribution >= 4 is 15.9 Å². The molecular weight excluding hydrogens is 228 g/mol. The number of hydrogen-bond donors (Lipinski definition) is 0. The third-order valence-corrected chi connectivity index (χ3v) is 3.09. The molecule has 0 bridgehead atoms. The van der Waals surface area contributed by atoms with Crippen molar-refractivity contribution in [2.45, 2.75) is 33.8 Å². The van der Waals surface area contributed by atoms with Crippen LogP contribution in [0.4, 0.5) is 0 Å². The van der Waals surface area contributed by atoms with Gasteiger partial charge in [0.05, 0.1) is 6.10 Å². The average Bonchev–Trinajstić information content (AvgIpc) is 2.04. The van der Waals surface area contributed by atoms with Gasteiger partial charge in [-0.25, -0.2) is 0 Å². The average molecular weight is 249 g/mol. The molecule has 0 saturated heterocycles. The van der Waals surface area contributed by atoms with Crippen LogP contribution in [-0.2, 0) is 4.74 Å². The summed E-state index contributed by atoms with van der Waals surface area (Å²) in [6, 6.07) is 0. The predicted octanol–water partition coefficient (Wildman–Crippen LogP) is 3.63. The minimum Gasteiger partial charge on any atom is -0.381 e. The molecule has 0 spiro atoms. The van der Waals surface area contributed by atoms with Gasteiger partial charge in [0.1, 0.15) is 0 Å². The van der Waals surface area contributed by atoms with Gasteiger partial charge >= 0.3 is 0 Å². The molecule has 0 aliphatic heterocycles. The third kappa shape index (κ3) is 4.82. The van der Waals surface area contributed by atoms with Gasteiger partial charge < -0.3 is 4.74 Å². The van der Waals surface area contributed by atoms with E-state index < -0.39 is 0 Å². The van der Waals surface area contributed by atoms with Gasteiger partial charge in [0.25, 0.3) is 0 Å². The molecule has 0 radical (unpaired) electrons. The third-order valence-electron chi connectivity index (χ3n) is 2.21. The van der Waals surface area contributed by atoms with Crippen molar-refractivity contribution in [1.82, 2.24) is 0 Å². The van der Waals surface area contributed by atoms with E-state index in [0.717, 1.165) is 5.33 Å². The maximum absolute atomic E-state index is 5.46. The molecule has 0 heterocycles. The molecule has 0 unspecified atom stereocenters. The molecule has 0 aromatic carbocycles. The normalized spacial score (nSPS) is 17.6. The quantitative estimate of drug-likeness (QED) is 0.534. The number of methoxy groups -OCH3 is 1. The van der Waals surface area contributed by atoms with Gasteiger partial charge in [0, 0.05) is 18.4 Å². The first-order valence-corrected chi connectivity index (χ1v) is 5.91. The van der Waals surface area contributed by atoms with Gasteiger partial charge in [0.15, 0.2) is 0 Å². The van der Waals surface area contributed by atoms with Gasteiger partial charge in [-0.05, 0) is 12.8 Å². The second kappa shape index (κ2) is 6.61. The number of halogens is 1. The van der Waals surface area contributed by atoms with Crippen molar-refractivity contribution in [2.75, 3.05) is 12.4 Å². The maximum atomic E-state index is 5.46. The lowest BCUT2D eigenvalue weighted by molar-refractivity contribution is 0.0377. The highest BCUT2D eigenvalue weighted by atomic mass is 79.9. The highest BCUT2D eigenvalue weighted by molar-refractivity contribution is 9.09. The Morgan fingerprint density at radius 1 is 1.38 bits per heavy atom. The van der Waals surface area contributed by atoms with E-state index in [2.05, 4.69) is 49.7 Å². The molecule has 0 fully saturated rings. The van der Waals surface area contributed by atoms with Gasteiger partial charge in [-0.3, -0.25) is 0 Å². The number of alkyl halides is 1. The summed E-state index contributed by atoms with van der Waals surface area (Å²) >= 11 is 3.44. The van der Waals surface area contributed by atoms with Crippen LogP contribution in [-0.4, -0.2) is 18.5 Å². The fourth-order valence-electron chi connectivity index (χ4n) is 1.68. The van der Waals surface area contributed by atoms with Crippen LogP contribution in [0.3, 0.4) is 0 Å². The summed E-state index contributed by atoms with van der Waals surface area (Å²) < 4.78 is 5.46. The molecule has 1 nitrogen and oxygen atoms in total. The molecule has 0 aliphatic rings. The summed E-state index contributed by atoms with van der Waals surface area (Å²) in [5, 5.41) is 0.950. The van der Waals surface area contributed by atoms with Crippen molar-refractivity contribution in [3.63, 3.8) is 0 Å². The molecule has 0 aromatic rings. The Balaban J connectivity index is 4.29. The van der Waals surface area contributed by atoms with E-state index in [1.807, 2.05) is 0 Å². The molecule has 0 rings (SSSR count). The summed E-state index contributed by atoms with van der Waals surface area (Å²) in [6.45, 7) is 8.74. The van der Waals surface area contributed by atoms with Crippen molar-refractivity contribution in [3.8, 4) is 0 Å². The minimum atomic E-state index is 0.328. The first kappa shape index (κ1) is 13.2. The molecule has 13 heavy (non-hydrogen) atoms. The molecule has 0 amide bonds. The maximum Gasteiger partial charge on any atom is 0.0654 e. The van der Waals surface area contributed by atoms with Crippen molar-refractivity contribution < 1.29 is 4.74 Å². The SMILES string of the molecule is CO[C@H](C(C)C)[C@H](C)/C=C(\C)CBr. The van der Waals surface area contributed by atoms with Gasteiger partial charge in [-0.2, -0.15) is 0 Å². The minimum absolute atomic E-state index is 0.328. The summed E-state index contributed by atoms with van der Waals surface area (Å²) in [5.74, 6) is 1.06. The monoisotopic (exact) mass is 248 g/mol. The van der Waals surface area contributed by atoms with Crippen LogP contribution in [0.1, 0.15) is 27.7 Å². The topological polar surface area (TPSA) is 9.23 Å². The largest absolute Gasteiger partial charge is 0.381 e. The summed E-state index contributed by atoms with van der Waals surface area (Å²) in [4.78, 5) is 0. The zero-order valence-electron chi connectivity index (χ0n) is 9.30. The van der Waals surface area contributed by atoms with E-state index in [9.17, 15) is 0 Å². The fourth-order valence-corrected chi connectivity index (χ4v) is 1.87. The molecule has 0 N–H and O–H groups in total. The smallest absolute Gasteiger partial charge is 0.0654 e. The molecular formula is C11H21BrO. The van der Waals surface area contributed by atoms with Crippen LogP contribution in [0.2, 0.25) is 0 Å². The van der Waals surface area contributed by atoms with E-state index in [-0.39, 0.29) is 0 Å². The van der Waals surface area contributed by atoms with Crippen molar-refractivity contribution in [3.05, 3.63) is 11.6 Å². The Bertz CT molecular complexity index is 163. The fraction of sp³-hybridized carbons (Fsp3) is 0.818. The molecule has 0 aliphatic carbocycles. The molecule has 2 heteroatoms. The Hall–Kier alpha value is 0.180. The number of ether oxygens (including phenoxy) is 1. The lowest BCUT2D eigenvalue weighted by atomic mass is 9.93. The first-order chi connectivity index (χ1) is 6.02. The number of rotatable bonds is 5. The van der Waals surface area contributed by atoms with Gasteiger partial charge in [-0.1, -0.05) is 48.4 Å². The predicted molar refractivity (Wildman–Crippen MR) is 62.4 cm³/mol. The van der Waals surface area contributed by atoms with E-state index in [0.29, 0.717) is 17.9 Å². The Morgan fingerprint density at radius 3 is 2.23 bits per heavy atom. The van der Waals surface area contributed by atoms with Gasteiger partial charge in [0.2, 0.25) is 0 Å². The van der Waals surface area contributed by atoms with Crippen LogP contribution in [0.15, 0.2) is 11.6 Å². The summed E-state index contributed by atoms with van der Waals surface area (Å²) in [5.41, 5.74) is 1.37. The van der Waals surface area contributed by atoms with E-state index in [4.69, 9.17) is 4.74 Å². The van der Waals surface area contributed by atoms with Crippen LogP contribution < -0.4 is 0 Å². The van der Waals surface area contributed by atoms with Crippen LogP contribution in [0, 0.1) is 11.8 Å². The molecule has 2 atom stereocenters. The Labute approximate surface area is 90.7 Å². The van der Waals surface area contributed by atoms with Crippen molar-refractivity contribution in [1.29, 1.82) is 0 Å². The zero-order chi connectivity index (χ0) is 10.4. The standard InChI is InChI=1S/C11H21BrO/c1-8(2)11(13-5)10(4)6-9(3)7-12/h6,8,10-11H,7H2,1-5H3/b9-6+/t10-,11-/m1/s1. The van der Waals surface area contributed by atoms with Crippen LogP contribution >= 0.6 is 15.9 Å². The van der Waals surface area contributed by atoms with E-state index in [1.165, 1.54) is 5.57 Å². The number of hydrogen-bond acceptors (Lipinski definition) is 1. The molecule has 78 valence electrons. The molecule has 0 saturated carbocycles. The number of allylic oxidation sites excluding steroid dienone is 1. The van der Waals surface area contributed by atoms with Crippen LogP contribution in [0.25, 0.3) is 0 Å². The van der Waals surface area contributed by atoms with E-state index >= 15 is 0 Å². The second-order valence-corrected chi connectivity index (χ2v) is 4.51. The van der Waals surface area contributed by atoms with Gasteiger partial charge in [-0.15, -0.1) is 0 Å². The first-order valence-electron chi connectivity index (χ1n) is 4.79. The van der Waals surface area contributed by atoms with E-state index in [1.54, 1.807) is 7.11 Å².